The van der Waals surface area contributed by atoms with E-state index in [1.807, 2.05) is 18.2 Å². The third-order valence-corrected chi connectivity index (χ3v) is 5.07. The van der Waals surface area contributed by atoms with Gasteiger partial charge < -0.3 is 5.73 Å². The number of hydrogen-bond donors (Lipinski definition) is 1. The first kappa shape index (κ1) is 13.2. The molecule has 5 heteroatoms. The Morgan fingerprint density at radius 2 is 2.00 bits per heavy atom. The Hall–Kier alpha value is -0.230. The van der Waals surface area contributed by atoms with E-state index in [1.165, 1.54) is 6.07 Å². The van der Waals surface area contributed by atoms with Gasteiger partial charge in [0, 0.05) is 10.9 Å². The van der Waals surface area contributed by atoms with Crippen LogP contribution in [0.3, 0.4) is 0 Å². The molecule has 2 N–H and O–H groups in total. The second-order valence-electron chi connectivity index (χ2n) is 3.67. The Labute approximate surface area is 120 Å². The molecule has 0 aliphatic rings. The van der Waals surface area contributed by atoms with E-state index in [0.717, 1.165) is 14.2 Å². The fourth-order valence-electron chi connectivity index (χ4n) is 1.57. The lowest BCUT2D eigenvalue weighted by molar-refractivity contribution is 0.614. The van der Waals surface area contributed by atoms with Crippen LogP contribution >= 0.6 is 43.2 Å². The maximum Gasteiger partial charge on any atom is 0.137 e. The Morgan fingerprint density at radius 3 is 2.65 bits per heavy atom. The van der Waals surface area contributed by atoms with Crippen molar-refractivity contribution in [3.05, 3.63) is 54.8 Å². The molecule has 0 saturated heterocycles. The van der Waals surface area contributed by atoms with Gasteiger partial charge in [-0.15, -0.1) is 11.3 Å². The molecule has 1 aromatic carbocycles. The minimum absolute atomic E-state index is 0.107. The van der Waals surface area contributed by atoms with Crippen LogP contribution in [0, 0.1) is 5.82 Å². The van der Waals surface area contributed by atoms with Gasteiger partial charge in [-0.3, -0.25) is 0 Å². The first-order chi connectivity index (χ1) is 8.08. The number of nitrogens with two attached hydrogens (primary N) is 1. The third kappa shape index (κ3) is 3.16. The van der Waals surface area contributed by atoms with Gasteiger partial charge in [0.2, 0.25) is 0 Å². The fourth-order valence-corrected chi connectivity index (χ4v) is 3.42. The molecule has 0 radical (unpaired) electrons. The summed E-state index contributed by atoms with van der Waals surface area (Å²) in [6.07, 6.45) is 0.616. The summed E-state index contributed by atoms with van der Waals surface area (Å²) in [5.41, 5.74) is 7.00. The molecule has 2 aromatic rings. The lowest BCUT2D eigenvalue weighted by Gasteiger charge is -2.11. The van der Waals surface area contributed by atoms with Crippen molar-refractivity contribution in [1.82, 2.24) is 0 Å². The molecule has 1 heterocycles. The van der Waals surface area contributed by atoms with Gasteiger partial charge in [-0.1, -0.05) is 12.1 Å². The zero-order valence-electron chi connectivity index (χ0n) is 8.79. The maximum absolute atomic E-state index is 13.3. The van der Waals surface area contributed by atoms with Crippen LogP contribution in [-0.2, 0) is 6.42 Å². The highest BCUT2D eigenvalue weighted by atomic mass is 79.9. The molecule has 1 unspecified atom stereocenters. The molecular formula is C12H10Br2FNS. The average molecular weight is 379 g/mol. The standard InChI is InChI=1S/C12H10Br2FNS/c13-11-5-4-10(17-11)9(16)6-7-2-1-3-8(15)12(7)14/h1-5,9H,6,16H2. The molecule has 0 amide bonds. The molecule has 0 aliphatic heterocycles. The van der Waals surface area contributed by atoms with E-state index in [4.69, 9.17) is 5.73 Å². The van der Waals surface area contributed by atoms with Crippen molar-refractivity contribution in [2.45, 2.75) is 12.5 Å². The van der Waals surface area contributed by atoms with Crippen molar-refractivity contribution >= 4 is 43.2 Å². The van der Waals surface area contributed by atoms with Gasteiger partial charge in [0.25, 0.3) is 0 Å². The first-order valence-corrected chi connectivity index (χ1v) is 7.42. The molecular weight excluding hydrogens is 369 g/mol. The van der Waals surface area contributed by atoms with E-state index < -0.39 is 0 Å². The molecule has 0 fully saturated rings. The molecule has 90 valence electrons. The molecule has 0 bridgehead atoms. The van der Waals surface area contributed by atoms with Gasteiger partial charge in [0.15, 0.2) is 0 Å². The molecule has 1 nitrogen and oxygen atoms in total. The van der Waals surface area contributed by atoms with Gasteiger partial charge in [-0.25, -0.2) is 4.39 Å². The summed E-state index contributed by atoms with van der Waals surface area (Å²) in [7, 11) is 0. The van der Waals surface area contributed by atoms with E-state index in [9.17, 15) is 4.39 Å². The molecule has 2 rings (SSSR count). The highest BCUT2D eigenvalue weighted by Crippen LogP contribution is 2.30. The summed E-state index contributed by atoms with van der Waals surface area (Å²) in [5.74, 6) is -0.248. The first-order valence-electron chi connectivity index (χ1n) is 5.01. The summed E-state index contributed by atoms with van der Waals surface area (Å²) >= 11 is 8.26. The third-order valence-electron chi connectivity index (χ3n) is 2.43. The summed E-state index contributed by atoms with van der Waals surface area (Å²) in [4.78, 5) is 1.09. The van der Waals surface area contributed by atoms with Gasteiger partial charge in [-0.2, -0.15) is 0 Å². The number of hydrogen-bond acceptors (Lipinski definition) is 2. The predicted octanol–water partition coefficient (Wildman–Crippen LogP) is 4.65. The second-order valence-corrected chi connectivity index (χ2v) is 6.95. The van der Waals surface area contributed by atoms with E-state index in [2.05, 4.69) is 31.9 Å². The van der Waals surface area contributed by atoms with Crippen LogP contribution in [0.5, 0.6) is 0 Å². The fraction of sp³-hybridized carbons (Fsp3) is 0.167. The van der Waals surface area contributed by atoms with Crippen LogP contribution in [-0.4, -0.2) is 0 Å². The monoisotopic (exact) mass is 377 g/mol. The van der Waals surface area contributed by atoms with E-state index in [-0.39, 0.29) is 11.9 Å². The molecule has 1 atom stereocenters. The summed E-state index contributed by atoms with van der Waals surface area (Å²) in [6, 6.07) is 8.88. The lowest BCUT2D eigenvalue weighted by atomic mass is 10.1. The number of thiophene rings is 1. The largest absolute Gasteiger partial charge is 0.323 e. The van der Waals surface area contributed by atoms with Crippen LogP contribution in [0.2, 0.25) is 0 Å². The minimum Gasteiger partial charge on any atom is -0.323 e. The number of rotatable bonds is 3. The summed E-state index contributed by atoms with van der Waals surface area (Å²) in [6.45, 7) is 0. The molecule has 17 heavy (non-hydrogen) atoms. The van der Waals surface area contributed by atoms with Gasteiger partial charge in [0.1, 0.15) is 5.82 Å². The van der Waals surface area contributed by atoms with Crippen molar-refractivity contribution < 1.29 is 4.39 Å². The van der Waals surface area contributed by atoms with E-state index >= 15 is 0 Å². The Bertz CT molecular complexity index is 527. The van der Waals surface area contributed by atoms with Crippen molar-refractivity contribution in [3.8, 4) is 0 Å². The zero-order valence-corrected chi connectivity index (χ0v) is 12.8. The Kier molecular flexibility index (Phi) is 4.36. The van der Waals surface area contributed by atoms with Gasteiger partial charge in [-0.05, 0) is 62.0 Å². The highest BCUT2D eigenvalue weighted by molar-refractivity contribution is 9.11. The summed E-state index contributed by atoms with van der Waals surface area (Å²) in [5, 5.41) is 0. The molecule has 0 spiro atoms. The zero-order chi connectivity index (χ0) is 12.4. The Morgan fingerprint density at radius 1 is 1.24 bits per heavy atom. The van der Waals surface area contributed by atoms with Gasteiger partial charge >= 0.3 is 0 Å². The van der Waals surface area contributed by atoms with Crippen molar-refractivity contribution in [3.63, 3.8) is 0 Å². The van der Waals surface area contributed by atoms with Crippen molar-refractivity contribution in [2.75, 3.05) is 0 Å². The van der Waals surface area contributed by atoms with E-state index in [1.54, 1.807) is 17.4 Å². The van der Waals surface area contributed by atoms with Crippen LogP contribution in [0.15, 0.2) is 38.6 Å². The number of benzene rings is 1. The molecule has 0 saturated carbocycles. The molecule has 0 aliphatic carbocycles. The normalized spacial score (nSPS) is 12.7. The highest BCUT2D eigenvalue weighted by Gasteiger charge is 2.13. The minimum atomic E-state index is -0.248. The SMILES string of the molecule is NC(Cc1cccc(F)c1Br)c1ccc(Br)s1. The van der Waals surface area contributed by atoms with Crippen LogP contribution in [0.4, 0.5) is 4.39 Å². The molecule has 1 aromatic heterocycles. The lowest BCUT2D eigenvalue weighted by Crippen LogP contribution is -2.12. The van der Waals surface area contributed by atoms with Crippen LogP contribution in [0.25, 0.3) is 0 Å². The topological polar surface area (TPSA) is 26.0 Å². The van der Waals surface area contributed by atoms with Crippen LogP contribution < -0.4 is 5.73 Å². The van der Waals surface area contributed by atoms with Gasteiger partial charge in [0.05, 0.1) is 8.26 Å². The second kappa shape index (κ2) is 5.61. The quantitative estimate of drug-likeness (QED) is 0.826. The maximum atomic E-state index is 13.3. The van der Waals surface area contributed by atoms with Crippen molar-refractivity contribution in [1.29, 1.82) is 0 Å². The van der Waals surface area contributed by atoms with E-state index in [0.29, 0.717) is 10.9 Å². The van der Waals surface area contributed by atoms with Crippen molar-refractivity contribution in [2.24, 2.45) is 5.73 Å². The predicted molar refractivity (Wildman–Crippen MR) is 76.8 cm³/mol. The smallest absolute Gasteiger partial charge is 0.137 e. The summed E-state index contributed by atoms with van der Waals surface area (Å²) < 4.78 is 14.9. The van der Waals surface area contributed by atoms with Crippen LogP contribution in [0.1, 0.15) is 16.5 Å². The number of halogens is 3. The Balaban J connectivity index is 2.18. The average Bonchev–Trinajstić information content (AvgIpc) is 2.72.